The monoisotopic (exact) mass is 375 g/mol. The van der Waals surface area contributed by atoms with Crippen LogP contribution < -0.4 is 5.32 Å². The number of imide groups is 1. The lowest BCUT2D eigenvalue weighted by atomic mass is 9.73. The van der Waals surface area contributed by atoms with Crippen molar-refractivity contribution in [2.24, 2.45) is 5.92 Å². The second-order valence-corrected chi connectivity index (χ2v) is 7.02. The molecule has 0 radical (unpaired) electrons. The number of benzene rings is 1. The quantitative estimate of drug-likeness (QED) is 0.364. The molecule has 1 spiro atoms. The van der Waals surface area contributed by atoms with Crippen molar-refractivity contribution in [1.29, 1.82) is 0 Å². The molecule has 27 heavy (non-hydrogen) atoms. The number of nitro groups is 1. The van der Waals surface area contributed by atoms with Crippen LogP contribution in [0.4, 0.5) is 10.5 Å². The number of hydrogen-bond donors (Lipinski definition) is 1. The molecule has 2 fully saturated rings. The Morgan fingerprint density at radius 1 is 1.33 bits per heavy atom. The summed E-state index contributed by atoms with van der Waals surface area (Å²) in [7, 11) is 0. The lowest BCUT2D eigenvalue weighted by Crippen LogP contribution is -2.54. The summed E-state index contributed by atoms with van der Waals surface area (Å²) in [4.78, 5) is 48.1. The third kappa shape index (κ3) is 3.62. The number of hydrogen-bond acceptors (Lipinski definition) is 6. The molecule has 3 rings (SSSR count). The molecule has 1 N–H and O–H groups in total. The second kappa shape index (κ2) is 7.34. The number of nitrogens with zero attached hydrogens (tertiary/aromatic N) is 2. The SMILES string of the molecule is C[C@@H]1CCCC[C@]12NC(=O)N(CC(=O)OCc1ccc([N+](=O)[O-])cc1)C2=O. The number of carbonyl (C=O) groups is 3. The zero-order valence-electron chi connectivity index (χ0n) is 15.0. The van der Waals surface area contributed by atoms with Crippen LogP contribution in [0.1, 0.15) is 38.2 Å². The minimum atomic E-state index is -0.909. The smallest absolute Gasteiger partial charge is 0.326 e. The largest absolute Gasteiger partial charge is 0.459 e. The van der Waals surface area contributed by atoms with E-state index in [0.29, 0.717) is 12.0 Å². The minimum Gasteiger partial charge on any atom is -0.459 e. The molecule has 2 aliphatic rings. The molecule has 0 aromatic heterocycles. The molecule has 1 aliphatic carbocycles. The van der Waals surface area contributed by atoms with E-state index >= 15 is 0 Å². The molecule has 9 heteroatoms. The molecule has 1 saturated heterocycles. The number of carbonyl (C=O) groups excluding carboxylic acids is 3. The van der Waals surface area contributed by atoms with Gasteiger partial charge < -0.3 is 10.1 Å². The Bertz CT molecular complexity index is 778. The van der Waals surface area contributed by atoms with Gasteiger partial charge >= 0.3 is 12.0 Å². The van der Waals surface area contributed by atoms with E-state index in [1.165, 1.54) is 24.3 Å². The number of nitro benzene ring substituents is 1. The highest BCUT2D eigenvalue weighted by molar-refractivity contribution is 6.08. The van der Waals surface area contributed by atoms with Crippen LogP contribution >= 0.6 is 0 Å². The van der Waals surface area contributed by atoms with Crippen molar-refractivity contribution in [3.8, 4) is 0 Å². The zero-order valence-corrected chi connectivity index (χ0v) is 15.0. The predicted octanol–water partition coefficient (Wildman–Crippen LogP) is 2.14. The Kier molecular flexibility index (Phi) is 5.11. The highest BCUT2D eigenvalue weighted by atomic mass is 16.6. The van der Waals surface area contributed by atoms with Crippen molar-refractivity contribution >= 4 is 23.6 Å². The topological polar surface area (TPSA) is 119 Å². The van der Waals surface area contributed by atoms with E-state index in [1.54, 1.807) is 0 Å². The van der Waals surface area contributed by atoms with Gasteiger partial charge in [-0.05, 0) is 36.5 Å². The third-order valence-electron chi connectivity index (χ3n) is 5.34. The van der Waals surface area contributed by atoms with E-state index in [9.17, 15) is 24.5 Å². The Balaban J connectivity index is 1.58. The van der Waals surface area contributed by atoms with Crippen LogP contribution in [0.5, 0.6) is 0 Å². The highest BCUT2D eigenvalue weighted by Crippen LogP contribution is 2.38. The predicted molar refractivity (Wildman–Crippen MR) is 93.5 cm³/mol. The summed E-state index contributed by atoms with van der Waals surface area (Å²) in [5.41, 5.74) is -0.395. The summed E-state index contributed by atoms with van der Waals surface area (Å²) in [5.74, 6) is -1.06. The number of amides is 3. The summed E-state index contributed by atoms with van der Waals surface area (Å²) in [5, 5.41) is 13.4. The molecule has 0 bridgehead atoms. The maximum atomic E-state index is 12.8. The first kappa shape index (κ1) is 18.8. The van der Waals surface area contributed by atoms with Crippen LogP contribution in [0.3, 0.4) is 0 Å². The van der Waals surface area contributed by atoms with Gasteiger partial charge in [0, 0.05) is 12.1 Å². The van der Waals surface area contributed by atoms with Gasteiger partial charge in [0.2, 0.25) is 0 Å². The molecule has 1 aromatic rings. The summed E-state index contributed by atoms with van der Waals surface area (Å²) in [6.07, 6.45) is 3.30. The van der Waals surface area contributed by atoms with Crippen molar-refractivity contribution in [2.75, 3.05) is 6.54 Å². The average molecular weight is 375 g/mol. The van der Waals surface area contributed by atoms with Gasteiger partial charge in [-0.1, -0.05) is 19.8 Å². The first-order valence-corrected chi connectivity index (χ1v) is 8.86. The Labute approximate surface area is 155 Å². The third-order valence-corrected chi connectivity index (χ3v) is 5.34. The van der Waals surface area contributed by atoms with E-state index < -0.39 is 29.0 Å². The Hall–Kier alpha value is -2.97. The molecule has 3 amide bonds. The van der Waals surface area contributed by atoms with Gasteiger partial charge in [0.05, 0.1) is 4.92 Å². The highest BCUT2D eigenvalue weighted by Gasteiger charge is 2.55. The van der Waals surface area contributed by atoms with Gasteiger partial charge in [-0.3, -0.25) is 24.6 Å². The van der Waals surface area contributed by atoms with Gasteiger partial charge in [-0.15, -0.1) is 0 Å². The van der Waals surface area contributed by atoms with Crippen LogP contribution in [0.25, 0.3) is 0 Å². The molecule has 1 heterocycles. The van der Waals surface area contributed by atoms with Crippen LogP contribution in [0.2, 0.25) is 0 Å². The first-order chi connectivity index (χ1) is 12.8. The number of rotatable bonds is 5. The number of esters is 1. The summed E-state index contributed by atoms with van der Waals surface area (Å²) < 4.78 is 5.11. The number of ether oxygens (including phenoxy) is 1. The van der Waals surface area contributed by atoms with Crippen LogP contribution in [-0.2, 0) is 20.9 Å². The fourth-order valence-corrected chi connectivity index (χ4v) is 3.69. The van der Waals surface area contributed by atoms with Gasteiger partial charge in [0.1, 0.15) is 18.7 Å². The van der Waals surface area contributed by atoms with Crippen molar-refractivity contribution in [3.63, 3.8) is 0 Å². The van der Waals surface area contributed by atoms with E-state index in [-0.39, 0.29) is 24.1 Å². The summed E-state index contributed by atoms with van der Waals surface area (Å²) in [6.45, 7) is 1.39. The molecule has 9 nitrogen and oxygen atoms in total. The van der Waals surface area contributed by atoms with Gasteiger partial charge in [0.15, 0.2) is 0 Å². The van der Waals surface area contributed by atoms with E-state index in [4.69, 9.17) is 4.74 Å². The average Bonchev–Trinajstić information content (AvgIpc) is 2.88. The standard InChI is InChI=1S/C18H21N3O6/c1-12-4-2-3-9-18(12)16(23)20(17(24)19-18)10-15(22)27-11-13-5-7-14(8-6-13)21(25)26/h5-8,12H,2-4,9-11H2,1H3,(H,19,24)/t12-,18+/m1/s1. The molecular weight excluding hydrogens is 354 g/mol. The Morgan fingerprint density at radius 3 is 2.67 bits per heavy atom. The molecule has 1 aliphatic heterocycles. The van der Waals surface area contributed by atoms with Crippen molar-refractivity contribution in [3.05, 3.63) is 39.9 Å². The fraction of sp³-hybridized carbons (Fsp3) is 0.500. The Morgan fingerprint density at radius 2 is 2.04 bits per heavy atom. The number of non-ortho nitro benzene ring substituents is 1. The van der Waals surface area contributed by atoms with Gasteiger partial charge in [0.25, 0.3) is 11.6 Å². The number of urea groups is 1. The molecule has 1 saturated carbocycles. The van der Waals surface area contributed by atoms with Gasteiger partial charge in [-0.2, -0.15) is 0 Å². The molecular formula is C18H21N3O6. The van der Waals surface area contributed by atoms with Crippen LogP contribution in [-0.4, -0.2) is 39.8 Å². The normalized spacial score (nSPS) is 24.8. The second-order valence-electron chi connectivity index (χ2n) is 7.02. The van der Waals surface area contributed by atoms with Crippen molar-refractivity contribution in [1.82, 2.24) is 10.2 Å². The maximum absolute atomic E-state index is 12.8. The molecule has 0 unspecified atom stereocenters. The maximum Gasteiger partial charge on any atom is 0.326 e. The summed E-state index contributed by atoms with van der Waals surface area (Å²) >= 11 is 0. The van der Waals surface area contributed by atoms with Gasteiger partial charge in [-0.25, -0.2) is 4.79 Å². The number of nitrogens with one attached hydrogen (secondary N) is 1. The van der Waals surface area contributed by atoms with Crippen molar-refractivity contribution in [2.45, 2.75) is 44.8 Å². The fourth-order valence-electron chi connectivity index (χ4n) is 3.69. The molecule has 1 aromatic carbocycles. The minimum absolute atomic E-state index is 0.0174. The van der Waals surface area contributed by atoms with E-state index in [1.807, 2.05) is 6.92 Å². The van der Waals surface area contributed by atoms with E-state index in [2.05, 4.69) is 5.32 Å². The molecule has 2 atom stereocenters. The zero-order chi connectivity index (χ0) is 19.6. The van der Waals surface area contributed by atoms with Crippen LogP contribution in [0.15, 0.2) is 24.3 Å². The van der Waals surface area contributed by atoms with E-state index in [0.717, 1.165) is 24.2 Å². The summed E-state index contributed by atoms with van der Waals surface area (Å²) in [6, 6.07) is 5.03. The lowest BCUT2D eigenvalue weighted by molar-refractivity contribution is -0.384. The van der Waals surface area contributed by atoms with Crippen LogP contribution in [0, 0.1) is 16.0 Å². The van der Waals surface area contributed by atoms with Crippen molar-refractivity contribution < 1.29 is 24.0 Å². The molecule has 144 valence electrons. The first-order valence-electron chi connectivity index (χ1n) is 8.86. The lowest BCUT2D eigenvalue weighted by Gasteiger charge is -2.36.